The van der Waals surface area contributed by atoms with Crippen LogP contribution in [0.4, 0.5) is 0 Å². The molecule has 16 N–H and O–H groups in total. The van der Waals surface area contributed by atoms with Crippen molar-refractivity contribution in [3.63, 3.8) is 0 Å². The number of esters is 4. The average molecular weight is 1500 g/mol. The minimum Gasteiger partial charge on any atom is -0.462 e. The first-order valence-electron chi connectivity index (χ1n) is 36.6. The molecule has 0 aromatic rings. The van der Waals surface area contributed by atoms with Gasteiger partial charge in [0.2, 0.25) is 6.29 Å². The Labute approximate surface area is 603 Å². The van der Waals surface area contributed by atoms with Crippen LogP contribution >= 0.6 is 0 Å². The van der Waals surface area contributed by atoms with Crippen LogP contribution in [0, 0.1) is 50.2 Å². The Morgan fingerprint density at radius 2 is 1.09 bits per heavy atom. The fourth-order valence-electron chi connectivity index (χ4n) is 19.5. The molecule has 5 heterocycles. The van der Waals surface area contributed by atoms with Crippen LogP contribution in [0.15, 0.2) is 11.6 Å². The van der Waals surface area contributed by atoms with E-state index >= 15 is 4.79 Å². The van der Waals surface area contributed by atoms with Gasteiger partial charge in [-0.05, 0) is 132 Å². The molecule has 9 fully saturated rings. The molecule has 0 aromatic heterocycles. The maximum atomic E-state index is 16.0. The van der Waals surface area contributed by atoms with Gasteiger partial charge in [0, 0.05) is 5.41 Å². The summed E-state index contributed by atoms with van der Waals surface area (Å²) in [5.74, 6) is -4.81. The fourth-order valence-corrected chi connectivity index (χ4v) is 19.5. The van der Waals surface area contributed by atoms with Gasteiger partial charge < -0.3 is 143 Å². The maximum absolute atomic E-state index is 16.0. The SMILES string of the molecule is CC(O)CC(=O)OC(C)CC(=O)OC(C)CC(=O)O[C@@H]1[C@H](O)[C@@H](O[C@@H]2O[C@@H](C)[C@H](O[C@@H]3OC[C@@H](O)[C@H](O[C@@H]4O[C@@H](C)[C@H](O)[C@@H](O)[C@H]4O)[C@H]3O)[C@@H](O)[C@H]2O)[C@H](OC(=O)[C@]23CCC(C)(C)C[C@H]2C2=CC[C@@H]4[C@@]5(C)C[C@H](O)[C@H](O[C@@H]6O[C@H](CO)[C@@H](O)[C@H](O)[C@H]6O)[C@@](C)(CO)[C@@H]5CC[C@@]4(C)[C@]2(C)C[C@@H]3O)O[C@@H]1C. The molecule has 0 radical (unpaired) electrons. The van der Waals surface area contributed by atoms with E-state index in [1.807, 2.05) is 0 Å². The lowest BCUT2D eigenvalue weighted by Crippen LogP contribution is -2.70. The summed E-state index contributed by atoms with van der Waals surface area (Å²) in [5.41, 5.74) is -4.58. The van der Waals surface area contributed by atoms with Gasteiger partial charge in [-0.15, -0.1) is 0 Å². The molecule has 0 aromatic carbocycles. The molecule has 10 rings (SSSR count). The lowest BCUT2D eigenvalue weighted by atomic mass is 9.33. The number of fused-ring (bicyclic) bond motifs is 7. The Kier molecular flexibility index (Phi) is 25.4. The molecule has 33 nitrogen and oxygen atoms in total. The Bertz CT molecular complexity index is 3010. The highest BCUT2D eigenvalue weighted by molar-refractivity contribution is 5.80. The van der Waals surface area contributed by atoms with Crippen molar-refractivity contribution < 1.29 is 162 Å². The molecule has 5 aliphatic carbocycles. The van der Waals surface area contributed by atoms with E-state index in [2.05, 4.69) is 40.7 Å². The molecule has 0 bridgehead atoms. The number of carbonyl (C=O) groups excluding carboxylic acids is 4. The predicted octanol–water partition coefficient (Wildman–Crippen LogP) is -2.61. The van der Waals surface area contributed by atoms with E-state index in [1.54, 1.807) is 6.92 Å². The number of allylic oxidation sites excluding steroid dienone is 2. The smallest absolute Gasteiger partial charge is 0.317 e. The zero-order valence-corrected chi connectivity index (χ0v) is 61.1. The third-order valence-corrected chi connectivity index (χ3v) is 25.4. The lowest BCUT2D eigenvalue weighted by Gasteiger charge is -2.72. The largest absolute Gasteiger partial charge is 0.462 e. The van der Waals surface area contributed by atoms with E-state index in [0.29, 0.717) is 32.1 Å². The van der Waals surface area contributed by atoms with Crippen molar-refractivity contribution in [3.05, 3.63) is 11.6 Å². The zero-order valence-electron chi connectivity index (χ0n) is 61.1. The summed E-state index contributed by atoms with van der Waals surface area (Å²) in [6, 6.07) is 0. The molecule has 10 aliphatic rings. The molecule has 104 heavy (non-hydrogen) atoms. The number of aliphatic hydroxyl groups excluding tert-OH is 16. The third kappa shape index (κ3) is 15.5. The van der Waals surface area contributed by atoms with Crippen LogP contribution in [0.2, 0.25) is 0 Å². The van der Waals surface area contributed by atoms with Crippen molar-refractivity contribution in [3.8, 4) is 0 Å². The first-order valence-corrected chi connectivity index (χ1v) is 36.6. The van der Waals surface area contributed by atoms with E-state index < -0.39 is 279 Å². The monoisotopic (exact) mass is 1490 g/mol. The average Bonchev–Trinajstić information content (AvgIpc) is 0.669. The summed E-state index contributed by atoms with van der Waals surface area (Å²) < 4.78 is 76.9. The predicted molar refractivity (Wildman–Crippen MR) is 350 cm³/mol. The van der Waals surface area contributed by atoms with Crippen molar-refractivity contribution in [2.45, 2.75) is 338 Å². The number of hydrogen-bond acceptors (Lipinski definition) is 33. The standard InChI is InChI=1S/C71H114O33/c1-28(74)19-42(78)93-29(2)20-43(79)94-30(3)21-44(80)99-56-33(6)97-64(58(53(56)89)102-62-52(88)49(85)55(32(5)96-62)100-60-54(90)57(37(76)26-92-60)101-61-50(86)47(83)45(81)31(4)95-61)104-65(91)71-18-17-66(7,8)22-35(71)34-13-14-40-67(9)23-36(75)59(103-63-51(87)48(84)46(82)38(25-72)98-63)68(10,27-73)39(67)15-16-69(40,11)70(34,12)24-41(71)77/h13,28-33,35-41,45-64,72-77,81-90H,14-27H2,1-12H3/t28?,29?,30?,31-,32-,33+,35-,36-,37+,38+,39+,40+,41-,45-,46+,47+,48-,49-,50+,51+,52+,53-,54+,55-,56-,57-,58+,59-,60-,61-,62-,63-,64-,67-,68-,69+,70+,71+/m0/s1. The highest BCUT2D eigenvalue weighted by atomic mass is 16.8. The van der Waals surface area contributed by atoms with Crippen molar-refractivity contribution in [1.29, 1.82) is 0 Å². The highest BCUT2D eigenvalue weighted by Crippen LogP contribution is 2.76. The van der Waals surface area contributed by atoms with Crippen LogP contribution in [0.1, 0.15) is 154 Å². The molecule has 5 aliphatic heterocycles. The van der Waals surface area contributed by atoms with Gasteiger partial charge in [-0.2, -0.15) is 0 Å². The minimum absolute atomic E-state index is 0.0404. The number of aliphatic hydroxyl groups is 16. The second-order valence-corrected chi connectivity index (χ2v) is 33.2. The Morgan fingerprint density at radius 3 is 1.71 bits per heavy atom. The van der Waals surface area contributed by atoms with E-state index in [9.17, 15) is 96.1 Å². The zero-order chi connectivity index (χ0) is 76.7. The summed E-state index contributed by atoms with van der Waals surface area (Å²) in [5, 5.41) is 179. The minimum atomic E-state index is -2.12. The Morgan fingerprint density at radius 1 is 0.529 bits per heavy atom. The van der Waals surface area contributed by atoms with Crippen molar-refractivity contribution in [1.82, 2.24) is 0 Å². The van der Waals surface area contributed by atoms with Crippen LogP contribution < -0.4 is 0 Å². The first-order chi connectivity index (χ1) is 48.5. The molecule has 33 heteroatoms. The quantitative estimate of drug-likeness (QED) is 0.0242. The summed E-state index contributed by atoms with van der Waals surface area (Å²) >= 11 is 0. The van der Waals surface area contributed by atoms with E-state index in [-0.39, 0.29) is 37.5 Å². The first kappa shape index (κ1) is 83.1. The molecule has 4 saturated carbocycles. The summed E-state index contributed by atoms with van der Waals surface area (Å²) in [6.45, 7) is 19.0. The van der Waals surface area contributed by atoms with Crippen LogP contribution in [-0.4, -0.2) is 309 Å². The van der Waals surface area contributed by atoms with Crippen molar-refractivity contribution >= 4 is 23.9 Å². The molecule has 0 spiro atoms. The van der Waals surface area contributed by atoms with Gasteiger partial charge in [0.15, 0.2) is 37.4 Å². The van der Waals surface area contributed by atoms with Crippen molar-refractivity contribution in [2.24, 2.45) is 50.2 Å². The number of carbonyl (C=O) groups is 4. The second-order valence-electron chi connectivity index (χ2n) is 33.2. The second kappa shape index (κ2) is 31.8. The van der Waals surface area contributed by atoms with Gasteiger partial charge in [-0.1, -0.05) is 53.2 Å². The van der Waals surface area contributed by atoms with Crippen LogP contribution in [0.3, 0.4) is 0 Å². The van der Waals surface area contributed by atoms with Gasteiger partial charge in [0.25, 0.3) is 0 Å². The van der Waals surface area contributed by atoms with E-state index in [1.165, 1.54) is 41.5 Å². The van der Waals surface area contributed by atoms with Crippen molar-refractivity contribution in [2.75, 3.05) is 19.8 Å². The van der Waals surface area contributed by atoms with E-state index in [0.717, 1.165) is 5.57 Å². The fraction of sp³-hybridized carbons (Fsp3) is 0.915. The molecule has 3 unspecified atom stereocenters. The topological polar surface area (TPSA) is 512 Å². The molecular weight excluding hydrogens is 1380 g/mol. The molecule has 38 atom stereocenters. The number of rotatable bonds is 21. The summed E-state index contributed by atoms with van der Waals surface area (Å²) in [7, 11) is 0. The van der Waals surface area contributed by atoms with Gasteiger partial charge in [0.05, 0.1) is 81.8 Å². The molecule has 596 valence electrons. The normalized spacial score (nSPS) is 49.5. The lowest BCUT2D eigenvalue weighted by molar-refractivity contribution is -0.380. The van der Waals surface area contributed by atoms with Gasteiger partial charge in [-0.3, -0.25) is 19.2 Å². The summed E-state index contributed by atoms with van der Waals surface area (Å²) in [4.78, 5) is 54.9. The van der Waals surface area contributed by atoms with Gasteiger partial charge >= 0.3 is 23.9 Å². The van der Waals surface area contributed by atoms with Crippen LogP contribution in [0.5, 0.6) is 0 Å². The Hall–Kier alpha value is -3.38. The van der Waals surface area contributed by atoms with Crippen LogP contribution in [-0.2, 0) is 80.8 Å². The maximum Gasteiger partial charge on any atom is 0.317 e. The number of ether oxygens (including phenoxy) is 13. The molecular formula is C71H114O33. The van der Waals surface area contributed by atoms with Gasteiger partial charge in [-0.25, -0.2) is 0 Å². The molecule has 0 amide bonds. The van der Waals surface area contributed by atoms with E-state index in [4.69, 9.17) is 61.6 Å². The van der Waals surface area contributed by atoms with Gasteiger partial charge in [0.1, 0.15) is 103 Å². The summed E-state index contributed by atoms with van der Waals surface area (Å²) in [6.07, 6.45) is -44.1. The van der Waals surface area contributed by atoms with Crippen LogP contribution in [0.25, 0.3) is 0 Å². The highest BCUT2D eigenvalue weighted by Gasteiger charge is 2.74. The molecule has 5 saturated heterocycles. The third-order valence-electron chi connectivity index (χ3n) is 25.4. The number of hydrogen-bond donors (Lipinski definition) is 16. The Balaban J connectivity index is 0.901.